The minimum Gasteiger partial charge on any atom is -0.479 e. The van der Waals surface area contributed by atoms with Crippen LogP contribution in [0.2, 0.25) is 0 Å². The van der Waals surface area contributed by atoms with Crippen molar-refractivity contribution in [1.82, 2.24) is 10.3 Å². The molecule has 0 unspecified atom stereocenters. The van der Waals surface area contributed by atoms with E-state index in [9.17, 15) is 4.79 Å². The molecule has 0 fully saturated rings. The summed E-state index contributed by atoms with van der Waals surface area (Å²) in [5, 5.41) is 2.75. The van der Waals surface area contributed by atoms with Crippen molar-refractivity contribution in [1.29, 1.82) is 0 Å². The second kappa shape index (κ2) is 7.84. The summed E-state index contributed by atoms with van der Waals surface area (Å²) in [5.41, 5.74) is 2.64. The van der Waals surface area contributed by atoms with Gasteiger partial charge < -0.3 is 10.1 Å². The van der Waals surface area contributed by atoms with Gasteiger partial charge in [-0.05, 0) is 38.1 Å². The number of pyridine rings is 1. The lowest BCUT2D eigenvalue weighted by Crippen LogP contribution is -2.23. The van der Waals surface area contributed by atoms with Crippen LogP contribution in [-0.4, -0.2) is 24.0 Å². The van der Waals surface area contributed by atoms with E-state index in [0.29, 0.717) is 17.9 Å². The summed E-state index contributed by atoms with van der Waals surface area (Å²) in [4.78, 5) is 16.0. The number of nitrogens with zero attached hydrogens (tertiary/aromatic N) is 1. The molecule has 2 aromatic rings. The summed E-state index contributed by atoms with van der Waals surface area (Å²) >= 11 is 0. The topological polar surface area (TPSA) is 51.2 Å². The van der Waals surface area contributed by atoms with Crippen molar-refractivity contribution < 1.29 is 9.53 Å². The van der Waals surface area contributed by atoms with E-state index in [0.717, 1.165) is 11.3 Å². The summed E-state index contributed by atoms with van der Waals surface area (Å²) in [6, 6.07) is 11.2. The Morgan fingerprint density at radius 3 is 2.82 bits per heavy atom. The van der Waals surface area contributed by atoms with Crippen molar-refractivity contribution in [3.8, 4) is 17.6 Å². The summed E-state index contributed by atoms with van der Waals surface area (Å²) in [5.74, 6) is 6.27. The third-order valence-corrected chi connectivity index (χ3v) is 2.94. The van der Waals surface area contributed by atoms with E-state index in [-0.39, 0.29) is 12.5 Å². The van der Waals surface area contributed by atoms with Gasteiger partial charge in [-0.2, -0.15) is 0 Å². The highest BCUT2D eigenvalue weighted by Crippen LogP contribution is 2.07. The van der Waals surface area contributed by atoms with Crippen molar-refractivity contribution in [2.75, 3.05) is 13.2 Å². The molecule has 1 aromatic carbocycles. The summed E-state index contributed by atoms with van der Waals surface area (Å²) in [6.45, 7) is 4.43. The highest BCUT2D eigenvalue weighted by atomic mass is 16.5. The van der Waals surface area contributed by atoms with E-state index < -0.39 is 0 Å². The molecule has 4 nitrogen and oxygen atoms in total. The van der Waals surface area contributed by atoms with Crippen LogP contribution in [0.25, 0.3) is 0 Å². The Balaban J connectivity index is 1.73. The number of rotatable bonds is 4. The fourth-order valence-corrected chi connectivity index (χ4v) is 1.79. The summed E-state index contributed by atoms with van der Waals surface area (Å²) in [6.07, 6.45) is 1.66. The number of aryl methyl sites for hydroxylation is 2. The van der Waals surface area contributed by atoms with Crippen molar-refractivity contribution in [2.24, 2.45) is 0 Å². The minimum atomic E-state index is -0.123. The second-order valence-corrected chi connectivity index (χ2v) is 4.83. The zero-order valence-electron chi connectivity index (χ0n) is 12.7. The van der Waals surface area contributed by atoms with E-state index in [1.165, 1.54) is 0 Å². The Hall–Kier alpha value is -2.80. The van der Waals surface area contributed by atoms with E-state index in [2.05, 4.69) is 22.1 Å². The first-order chi connectivity index (χ1) is 10.6. The monoisotopic (exact) mass is 294 g/mol. The molecule has 22 heavy (non-hydrogen) atoms. The molecule has 0 saturated carbocycles. The number of ether oxygens (including phenoxy) is 1. The Kier molecular flexibility index (Phi) is 5.56. The van der Waals surface area contributed by atoms with Crippen LogP contribution in [0.3, 0.4) is 0 Å². The maximum atomic E-state index is 11.9. The first kappa shape index (κ1) is 15.6. The Morgan fingerprint density at radius 2 is 2.09 bits per heavy atom. The Bertz CT molecular complexity index is 697. The summed E-state index contributed by atoms with van der Waals surface area (Å²) in [7, 11) is 0. The van der Waals surface area contributed by atoms with Gasteiger partial charge in [0.05, 0.1) is 12.7 Å². The molecule has 0 bridgehead atoms. The molecule has 0 aliphatic heterocycles. The van der Waals surface area contributed by atoms with Crippen molar-refractivity contribution >= 4 is 5.91 Å². The lowest BCUT2D eigenvalue weighted by Gasteiger charge is -2.02. The highest BCUT2D eigenvalue weighted by Gasteiger charge is 2.02. The number of hydrogen-bond donors (Lipinski definition) is 1. The average Bonchev–Trinajstić information content (AvgIpc) is 2.52. The first-order valence-corrected chi connectivity index (χ1v) is 7.01. The molecule has 112 valence electrons. The fraction of sp³-hybridized carbons (Fsp3) is 0.222. The van der Waals surface area contributed by atoms with Gasteiger partial charge in [-0.1, -0.05) is 29.5 Å². The number of benzene rings is 1. The molecule has 0 spiro atoms. The smallest absolute Gasteiger partial charge is 0.252 e. The molecular weight excluding hydrogens is 276 g/mol. The number of hydrogen-bond acceptors (Lipinski definition) is 3. The average molecular weight is 294 g/mol. The molecule has 0 atom stereocenters. The third kappa shape index (κ3) is 4.95. The van der Waals surface area contributed by atoms with Crippen LogP contribution in [-0.2, 0) is 0 Å². The minimum absolute atomic E-state index is 0.123. The van der Waals surface area contributed by atoms with Gasteiger partial charge >= 0.3 is 0 Å². The lowest BCUT2D eigenvalue weighted by molar-refractivity contribution is 0.0958. The van der Waals surface area contributed by atoms with Gasteiger partial charge in [0.15, 0.2) is 0 Å². The molecule has 1 aromatic heterocycles. The molecule has 1 N–H and O–H groups in total. The predicted molar refractivity (Wildman–Crippen MR) is 85.8 cm³/mol. The Labute approximate surface area is 130 Å². The van der Waals surface area contributed by atoms with Gasteiger partial charge in [0.2, 0.25) is 0 Å². The molecule has 0 aliphatic carbocycles. The maximum Gasteiger partial charge on any atom is 0.252 e. The fourth-order valence-electron chi connectivity index (χ4n) is 1.79. The quantitative estimate of drug-likeness (QED) is 0.882. The van der Waals surface area contributed by atoms with Crippen LogP contribution in [0.4, 0.5) is 0 Å². The van der Waals surface area contributed by atoms with Gasteiger partial charge in [0, 0.05) is 11.3 Å². The largest absolute Gasteiger partial charge is 0.479 e. The van der Waals surface area contributed by atoms with E-state index >= 15 is 0 Å². The normalized spacial score (nSPS) is 9.55. The van der Waals surface area contributed by atoms with Crippen LogP contribution < -0.4 is 10.1 Å². The van der Waals surface area contributed by atoms with Crippen molar-refractivity contribution in [3.63, 3.8) is 0 Å². The Morgan fingerprint density at radius 1 is 1.23 bits per heavy atom. The van der Waals surface area contributed by atoms with Gasteiger partial charge in [0.25, 0.3) is 5.91 Å². The first-order valence-electron chi connectivity index (χ1n) is 7.01. The number of carbonyl (C=O) groups excluding carboxylic acids is 1. The number of carbonyl (C=O) groups is 1. The third-order valence-electron chi connectivity index (χ3n) is 2.94. The molecule has 0 aliphatic rings. The molecule has 1 amide bonds. The molecule has 4 heteroatoms. The van der Waals surface area contributed by atoms with Crippen LogP contribution in [0.1, 0.15) is 21.6 Å². The standard InChI is InChI=1S/C18H18N2O2/c1-14-6-5-7-16(12-14)18(21)19-10-3-4-11-22-17-9-8-15(2)20-13-17/h5-9,12-13H,10-11H2,1-2H3,(H,19,21). The summed E-state index contributed by atoms with van der Waals surface area (Å²) < 4.78 is 5.42. The number of aromatic nitrogens is 1. The van der Waals surface area contributed by atoms with Crippen LogP contribution in [0, 0.1) is 25.7 Å². The van der Waals surface area contributed by atoms with Crippen LogP contribution in [0.5, 0.6) is 5.75 Å². The second-order valence-electron chi connectivity index (χ2n) is 4.83. The van der Waals surface area contributed by atoms with Gasteiger partial charge in [-0.15, -0.1) is 0 Å². The van der Waals surface area contributed by atoms with E-state index in [4.69, 9.17) is 4.74 Å². The van der Waals surface area contributed by atoms with Gasteiger partial charge in [-0.25, -0.2) is 0 Å². The van der Waals surface area contributed by atoms with Gasteiger partial charge in [-0.3, -0.25) is 9.78 Å². The maximum absolute atomic E-state index is 11.9. The van der Waals surface area contributed by atoms with Crippen LogP contribution >= 0.6 is 0 Å². The zero-order chi connectivity index (χ0) is 15.8. The molecule has 0 saturated heterocycles. The molecule has 1 heterocycles. The predicted octanol–water partition coefficient (Wildman–Crippen LogP) is 2.51. The molecule has 0 radical (unpaired) electrons. The lowest BCUT2D eigenvalue weighted by atomic mass is 10.1. The number of nitrogens with one attached hydrogen (secondary N) is 1. The zero-order valence-corrected chi connectivity index (χ0v) is 12.7. The van der Waals surface area contributed by atoms with Crippen molar-refractivity contribution in [3.05, 3.63) is 59.4 Å². The highest BCUT2D eigenvalue weighted by molar-refractivity contribution is 5.94. The van der Waals surface area contributed by atoms with Crippen molar-refractivity contribution in [2.45, 2.75) is 13.8 Å². The number of amides is 1. The van der Waals surface area contributed by atoms with Gasteiger partial charge in [0.1, 0.15) is 12.4 Å². The molecular formula is C18H18N2O2. The van der Waals surface area contributed by atoms with E-state index in [1.807, 2.05) is 44.2 Å². The molecule has 2 rings (SSSR count). The van der Waals surface area contributed by atoms with Crippen LogP contribution in [0.15, 0.2) is 42.6 Å². The van der Waals surface area contributed by atoms with E-state index in [1.54, 1.807) is 12.3 Å². The SMILES string of the molecule is Cc1cccc(C(=O)NCC#CCOc2ccc(C)nc2)c1.